The lowest BCUT2D eigenvalue weighted by atomic mass is 9.74. The van der Waals surface area contributed by atoms with Gasteiger partial charge in [-0.3, -0.25) is 4.18 Å². The van der Waals surface area contributed by atoms with Gasteiger partial charge in [0.2, 0.25) is 0 Å². The van der Waals surface area contributed by atoms with Gasteiger partial charge in [0.25, 0.3) is 10.1 Å². The third kappa shape index (κ3) is 4.90. The van der Waals surface area contributed by atoms with E-state index in [1.807, 2.05) is 12.1 Å². The maximum atomic E-state index is 13.5. The van der Waals surface area contributed by atoms with Crippen LogP contribution in [-0.4, -0.2) is 14.5 Å². The zero-order valence-electron chi connectivity index (χ0n) is 18.1. The molecule has 0 aliphatic heterocycles. The van der Waals surface area contributed by atoms with Crippen molar-refractivity contribution in [3.8, 4) is 0 Å². The molecule has 3 saturated carbocycles. The first-order valence-corrected chi connectivity index (χ1v) is 13.5. The van der Waals surface area contributed by atoms with Crippen LogP contribution < -0.4 is 0 Å². The summed E-state index contributed by atoms with van der Waals surface area (Å²) in [6, 6.07) is 3.91. The highest BCUT2D eigenvalue weighted by Crippen LogP contribution is 2.45. The number of rotatable bonds is 5. The standard InChI is InChI=1S/C25H38O3S/c1-19-17-18-23(29(26,27)28-22-15-9-4-10-16-22)25(21-13-7-3-8-14-21)24(19)20-11-5-2-6-12-20/h17-18,20-22H,2-16H2,1H3. The summed E-state index contributed by atoms with van der Waals surface area (Å²) in [6.07, 6.45) is 17.2. The van der Waals surface area contributed by atoms with E-state index < -0.39 is 10.1 Å². The van der Waals surface area contributed by atoms with Gasteiger partial charge < -0.3 is 0 Å². The Morgan fingerprint density at radius 1 is 0.690 bits per heavy atom. The minimum absolute atomic E-state index is 0.132. The second-order valence-corrected chi connectivity index (χ2v) is 11.2. The van der Waals surface area contributed by atoms with Gasteiger partial charge in [-0.25, -0.2) is 0 Å². The fraction of sp³-hybridized carbons (Fsp3) is 0.760. The molecule has 4 heteroatoms. The zero-order valence-corrected chi connectivity index (χ0v) is 18.9. The molecule has 0 radical (unpaired) electrons. The third-order valence-electron chi connectivity index (χ3n) is 7.58. The minimum Gasteiger partial charge on any atom is -0.263 e. The molecular formula is C25H38O3S. The lowest BCUT2D eigenvalue weighted by Crippen LogP contribution is -2.24. The van der Waals surface area contributed by atoms with Crippen molar-refractivity contribution in [3.05, 3.63) is 28.8 Å². The van der Waals surface area contributed by atoms with Crippen LogP contribution >= 0.6 is 0 Å². The van der Waals surface area contributed by atoms with Crippen molar-refractivity contribution in [2.45, 2.75) is 126 Å². The molecule has 1 aromatic carbocycles. The van der Waals surface area contributed by atoms with Crippen molar-refractivity contribution in [1.82, 2.24) is 0 Å². The molecule has 3 fully saturated rings. The summed E-state index contributed by atoms with van der Waals surface area (Å²) in [5, 5.41) is 0. The van der Waals surface area contributed by atoms with Crippen molar-refractivity contribution in [3.63, 3.8) is 0 Å². The Bertz CT molecular complexity index is 781. The molecular weight excluding hydrogens is 380 g/mol. The summed E-state index contributed by atoms with van der Waals surface area (Å²) >= 11 is 0. The lowest BCUT2D eigenvalue weighted by molar-refractivity contribution is 0.162. The minimum atomic E-state index is -3.72. The SMILES string of the molecule is Cc1ccc(S(=O)(=O)OC2CCCCC2)c(C2CCCCC2)c1C1CCCCC1. The van der Waals surface area contributed by atoms with Crippen LogP contribution in [0.3, 0.4) is 0 Å². The van der Waals surface area contributed by atoms with E-state index in [9.17, 15) is 8.42 Å². The van der Waals surface area contributed by atoms with Crippen LogP contribution in [0.4, 0.5) is 0 Å². The molecule has 0 amide bonds. The number of hydrogen-bond donors (Lipinski definition) is 0. The molecule has 4 rings (SSSR count). The van der Waals surface area contributed by atoms with Gasteiger partial charge in [0.05, 0.1) is 11.0 Å². The van der Waals surface area contributed by atoms with Crippen LogP contribution in [0.2, 0.25) is 0 Å². The van der Waals surface area contributed by atoms with Crippen LogP contribution in [0.5, 0.6) is 0 Å². The van der Waals surface area contributed by atoms with Crippen molar-refractivity contribution < 1.29 is 12.6 Å². The molecule has 1 aromatic rings. The first-order valence-electron chi connectivity index (χ1n) is 12.1. The molecule has 0 heterocycles. The molecule has 0 spiro atoms. The van der Waals surface area contributed by atoms with E-state index in [0.29, 0.717) is 16.7 Å². The van der Waals surface area contributed by atoms with E-state index in [-0.39, 0.29) is 6.10 Å². The highest BCUT2D eigenvalue weighted by Gasteiger charge is 2.33. The second kappa shape index (κ2) is 9.51. The Kier molecular flexibility index (Phi) is 7.01. The molecule has 162 valence electrons. The van der Waals surface area contributed by atoms with E-state index >= 15 is 0 Å². The van der Waals surface area contributed by atoms with E-state index in [4.69, 9.17) is 4.18 Å². The van der Waals surface area contributed by atoms with Crippen LogP contribution in [0.1, 0.15) is 125 Å². The number of hydrogen-bond acceptors (Lipinski definition) is 3. The van der Waals surface area contributed by atoms with Crippen molar-refractivity contribution in [2.24, 2.45) is 0 Å². The lowest BCUT2D eigenvalue weighted by Gasteiger charge is -2.33. The van der Waals surface area contributed by atoms with E-state index in [1.165, 1.54) is 68.9 Å². The Morgan fingerprint density at radius 2 is 1.17 bits per heavy atom. The van der Waals surface area contributed by atoms with Gasteiger partial charge >= 0.3 is 0 Å². The average Bonchev–Trinajstić information content (AvgIpc) is 2.75. The second-order valence-electron chi connectivity index (χ2n) is 9.69. The molecule has 3 nitrogen and oxygen atoms in total. The summed E-state index contributed by atoms with van der Waals surface area (Å²) in [5.41, 5.74) is 3.80. The molecule has 0 saturated heterocycles. The molecule has 0 unspecified atom stereocenters. The van der Waals surface area contributed by atoms with Gasteiger partial charge in [0.1, 0.15) is 0 Å². The molecule has 0 aromatic heterocycles. The number of aryl methyl sites for hydroxylation is 1. The molecule has 3 aliphatic carbocycles. The van der Waals surface area contributed by atoms with E-state index in [0.717, 1.165) is 44.1 Å². The highest BCUT2D eigenvalue weighted by atomic mass is 32.2. The van der Waals surface area contributed by atoms with Crippen molar-refractivity contribution in [1.29, 1.82) is 0 Å². The van der Waals surface area contributed by atoms with E-state index in [1.54, 1.807) is 0 Å². The molecule has 3 aliphatic rings. The maximum absolute atomic E-state index is 13.5. The highest BCUT2D eigenvalue weighted by molar-refractivity contribution is 7.86. The van der Waals surface area contributed by atoms with E-state index in [2.05, 4.69) is 6.92 Å². The molecule has 0 bridgehead atoms. The first-order chi connectivity index (χ1) is 14.1. The Balaban J connectivity index is 1.75. The first kappa shape index (κ1) is 21.4. The number of benzene rings is 1. The topological polar surface area (TPSA) is 43.4 Å². The fourth-order valence-electron chi connectivity index (χ4n) is 6.08. The predicted octanol–water partition coefficient (Wildman–Crippen LogP) is 7.13. The van der Waals surface area contributed by atoms with Gasteiger partial charge in [-0.05, 0) is 80.0 Å². The van der Waals surface area contributed by atoms with Gasteiger partial charge in [-0.2, -0.15) is 8.42 Å². The Labute approximate surface area is 177 Å². The smallest absolute Gasteiger partial charge is 0.263 e. The summed E-state index contributed by atoms with van der Waals surface area (Å²) in [7, 11) is -3.72. The zero-order chi connectivity index (χ0) is 20.3. The fourth-order valence-corrected chi connectivity index (χ4v) is 7.52. The van der Waals surface area contributed by atoms with Gasteiger partial charge in [-0.1, -0.05) is 63.9 Å². The van der Waals surface area contributed by atoms with Crippen molar-refractivity contribution in [2.75, 3.05) is 0 Å². The van der Waals surface area contributed by atoms with Gasteiger partial charge in [0.15, 0.2) is 0 Å². The van der Waals surface area contributed by atoms with Crippen LogP contribution in [0.15, 0.2) is 17.0 Å². The Hall–Kier alpha value is -0.870. The average molecular weight is 419 g/mol. The van der Waals surface area contributed by atoms with Crippen molar-refractivity contribution >= 4 is 10.1 Å². The third-order valence-corrected chi connectivity index (χ3v) is 9.00. The Morgan fingerprint density at radius 3 is 1.72 bits per heavy atom. The summed E-state index contributed by atoms with van der Waals surface area (Å²) in [4.78, 5) is 0.501. The largest absolute Gasteiger partial charge is 0.297 e. The van der Waals surface area contributed by atoms with Crippen LogP contribution in [0, 0.1) is 6.92 Å². The quantitative estimate of drug-likeness (QED) is 0.478. The summed E-state index contributed by atoms with van der Waals surface area (Å²) in [6.45, 7) is 2.19. The molecule has 29 heavy (non-hydrogen) atoms. The van der Waals surface area contributed by atoms with Crippen LogP contribution in [-0.2, 0) is 14.3 Å². The monoisotopic (exact) mass is 418 g/mol. The maximum Gasteiger partial charge on any atom is 0.297 e. The van der Waals surface area contributed by atoms with Gasteiger partial charge in [0, 0.05) is 0 Å². The summed E-state index contributed by atoms with van der Waals surface area (Å²) in [5.74, 6) is 0.894. The normalized spacial score (nSPS) is 23.3. The molecule has 0 N–H and O–H groups in total. The predicted molar refractivity (Wildman–Crippen MR) is 118 cm³/mol. The molecule has 0 atom stereocenters. The summed E-state index contributed by atoms with van der Waals surface area (Å²) < 4.78 is 32.8. The van der Waals surface area contributed by atoms with Crippen LogP contribution in [0.25, 0.3) is 0 Å². The van der Waals surface area contributed by atoms with Gasteiger partial charge in [-0.15, -0.1) is 0 Å².